The molecule has 10 heteroatoms. The van der Waals surface area contributed by atoms with Gasteiger partial charge in [-0.25, -0.2) is 4.79 Å². The number of carbonyl (C=O) groups is 3. The van der Waals surface area contributed by atoms with E-state index in [1.807, 2.05) is 13.0 Å². The van der Waals surface area contributed by atoms with Crippen LogP contribution in [0, 0.1) is 23.7 Å². The molecule has 0 spiro atoms. The second-order valence-electron chi connectivity index (χ2n) is 16.4. The summed E-state index contributed by atoms with van der Waals surface area (Å²) in [6.45, 7) is 1.60. The zero-order chi connectivity index (χ0) is 39.3. The zero-order valence-electron chi connectivity index (χ0n) is 31.6. The number of hydrogen-bond acceptors (Lipinski definition) is 10. The van der Waals surface area contributed by atoms with E-state index in [1.54, 1.807) is 12.1 Å². The Hall–Kier alpha value is -4.95. The van der Waals surface area contributed by atoms with Crippen molar-refractivity contribution in [3.63, 3.8) is 0 Å². The van der Waals surface area contributed by atoms with Crippen molar-refractivity contribution in [2.24, 2.45) is 11.8 Å². The van der Waals surface area contributed by atoms with Crippen LogP contribution < -0.4 is 4.74 Å². The third kappa shape index (κ3) is 7.24. The third-order valence-corrected chi connectivity index (χ3v) is 12.8. The Balaban J connectivity index is 1.38. The molecule has 2 aliphatic carbocycles. The first-order valence-electron chi connectivity index (χ1n) is 19.9. The number of rotatable bonds is 4. The fourth-order valence-corrected chi connectivity index (χ4v) is 9.88. The van der Waals surface area contributed by atoms with Crippen molar-refractivity contribution in [2.45, 2.75) is 120 Å². The van der Waals surface area contributed by atoms with Gasteiger partial charge in [-0.05, 0) is 108 Å². The van der Waals surface area contributed by atoms with E-state index >= 15 is 4.79 Å². The maximum absolute atomic E-state index is 15.1. The van der Waals surface area contributed by atoms with Crippen LogP contribution >= 0.6 is 0 Å². The van der Waals surface area contributed by atoms with Crippen LogP contribution in [0.3, 0.4) is 0 Å². The number of ketones is 1. The van der Waals surface area contributed by atoms with Gasteiger partial charge in [0.25, 0.3) is 0 Å². The molecule has 0 aromatic heterocycles. The zero-order valence-corrected chi connectivity index (χ0v) is 31.6. The second-order valence-corrected chi connectivity index (χ2v) is 16.4. The van der Waals surface area contributed by atoms with Gasteiger partial charge in [-0.1, -0.05) is 49.5 Å². The minimum absolute atomic E-state index is 0.0417. The molecule has 1 fully saturated rings. The monoisotopic (exact) mass is 760 g/mol. The highest BCUT2D eigenvalue weighted by molar-refractivity contribution is 5.90. The Morgan fingerprint density at radius 3 is 2.48 bits per heavy atom. The van der Waals surface area contributed by atoms with E-state index < -0.39 is 47.5 Å². The van der Waals surface area contributed by atoms with Crippen molar-refractivity contribution in [3.05, 3.63) is 98.6 Å². The Labute approximate surface area is 326 Å². The highest BCUT2D eigenvalue weighted by Crippen LogP contribution is 2.46. The van der Waals surface area contributed by atoms with Gasteiger partial charge in [0, 0.05) is 48.3 Å². The quantitative estimate of drug-likeness (QED) is 0.129. The number of fused-ring (bicyclic) bond motifs is 9. The number of phenolic OH excluding ortho intramolecular Hbond substituents is 2. The maximum Gasteiger partial charge on any atom is 0.334 e. The predicted octanol–water partition coefficient (Wildman–Crippen LogP) is 5.55. The summed E-state index contributed by atoms with van der Waals surface area (Å²) >= 11 is 0. The lowest BCUT2D eigenvalue weighted by atomic mass is 9.66. The van der Waals surface area contributed by atoms with E-state index in [0.29, 0.717) is 66.4 Å². The minimum atomic E-state index is -1.61. The molecule has 1 saturated carbocycles. The van der Waals surface area contributed by atoms with E-state index in [0.717, 1.165) is 16.7 Å². The van der Waals surface area contributed by atoms with Crippen LogP contribution in [0.25, 0.3) is 0 Å². The minimum Gasteiger partial charge on any atom is -0.508 e. The van der Waals surface area contributed by atoms with Gasteiger partial charge in [0.15, 0.2) is 0 Å². The summed E-state index contributed by atoms with van der Waals surface area (Å²) in [6.07, 6.45) is 1.06. The first-order valence-corrected chi connectivity index (χ1v) is 19.9. The van der Waals surface area contributed by atoms with E-state index in [4.69, 9.17) is 9.47 Å². The Morgan fingerprint density at radius 2 is 1.68 bits per heavy atom. The molecule has 8 rings (SSSR count). The van der Waals surface area contributed by atoms with E-state index in [9.17, 15) is 35.1 Å². The number of aromatic hydroxyl groups is 2. The summed E-state index contributed by atoms with van der Waals surface area (Å²) in [4.78, 5) is 41.5. The Kier molecular flexibility index (Phi) is 10.3. The van der Waals surface area contributed by atoms with Crippen LogP contribution in [-0.4, -0.2) is 61.1 Å². The van der Waals surface area contributed by atoms with Crippen LogP contribution in [0.5, 0.6) is 17.2 Å². The molecule has 0 saturated heterocycles. The SMILES string of the molecule is CCC[C@]1(O)[C@H]2CCC(=O)[C@@H](Cc3ccc4c(c3)C[C@H](O)/C(=C3/C[C@@H](c5cc(O)cc(CO)c5)C#C[C@H]5CC(=O)Oc6cc(O)c(cc65)C[C@H]1OC3=O)CC4)C2. The van der Waals surface area contributed by atoms with Crippen molar-refractivity contribution >= 4 is 17.7 Å². The van der Waals surface area contributed by atoms with Gasteiger partial charge in [0.1, 0.15) is 34.7 Å². The van der Waals surface area contributed by atoms with Crippen LogP contribution in [0.2, 0.25) is 0 Å². The van der Waals surface area contributed by atoms with Crippen molar-refractivity contribution in [2.75, 3.05) is 0 Å². The van der Waals surface area contributed by atoms with E-state index in [2.05, 4.69) is 24.0 Å². The van der Waals surface area contributed by atoms with Gasteiger partial charge < -0.3 is 35.0 Å². The molecule has 3 aromatic carbocycles. The second kappa shape index (κ2) is 15.2. The summed E-state index contributed by atoms with van der Waals surface area (Å²) in [7, 11) is 0. The molecule has 0 unspecified atom stereocenters. The van der Waals surface area contributed by atoms with Crippen LogP contribution in [0.1, 0.15) is 109 Å². The lowest BCUT2D eigenvalue weighted by Gasteiger charge is -2.45. The first-order chi connectivity index (χ1) is 26.9. The third-order valence-electron chi connectivity index (χ3n) is 12.8. The molecule has 292 valence electrons. The van der Waals surface area contributed by atoms with Gasteiger partial charge in [-0.3, -0.25) is 9.59 Å². The number of esters is 2. The van der Waals surface area contributed by atoms with Gasteiger partial charge >= 0.3 is 11.9 Å². The molecule has 5 aliphatic rings. The Bertz CT molecular complexity index is 2190. The molecule has 3 heterocycles. The normalized spacial score (nSPS) is 30.0. The molecule has 3 aromatic rings. The summed E-state index contributed by atoms with van der Waals surface area (Å²) < 4.78 is 12.2. The van der Waals surface area contributed by atoms with Crippen LogP contribution in [-0.2, 0) is 51.4 Å². The molecule has 0 radical (unpaired) electrons. The van der Waals surface area contributed by atoms with Gasteiger partial charge in [0.2, 0.25) is 0 Å². The number of aliphatic hydroxyl groups excluding tert-OH is 2. The lowest BCUT2D eigenvalue weighted by Crippen LogP contribution is -2.54. The topological polar surface area (TPSA) is 171 Å². The molecular weight excluding hydrogens is 712 g/mol. The highest BCUT2D eigenvalue weighted by Gasteiger charge is 2.49. The molecule has 9 bridgehead atoms. The first kappa shape index (κ1) is 37.9. The van der Waals surface area contributed by atoms with E-state index in [1.165, 1.54) is 18.2 Å². The van der Waals surface area contributed by atoms with Crippen molar-refractivity contribution in [1.29, 1.82) is 0 Å². The van der Waals surface area contributed by atoms with Crippen LogP contribution in [0.4, 0.5) is 0 Å². The molecule has 7 atom stereocenters. The lowest BCUT2D eigenvalue weighted by molar-refractivity contribution is -0.176. The van der Waals surface area contributed by atoms with Gasteiger partial charge in [-0.2, -0.15) is 0 Å². The summed E-state index contributed by atoms with van der Waals surface area (Å²) in [6, 6.07) is 13.9. The summed E-state index contributed by atoms with van der Waals surface area (Å²) in [5.74, 6) is 3.14. The summed E-state index contributed by atoms with van der Waals surface area (Å²) in [5.41, 5.74) is 3.97. The molecule has 0 amide bonds. The average Bonchev–Trinajstić information content (AvgIpc) is 3.31. The molecule has 3 aliphatic heterocycles. The fourth-order valence-electron chi connectivity index (χ4n) is 9.88. The number of carbonyl (C=O) groups excluding carboxylic acids is 3. The van der Waals surface area contributed by atoms with Crippen molar-refractivity contribution < 1.29 is 49.4 Å². The van der Waals surface area contributed by atoms with Gasteiger partial charge in [-0.15, -0.1) is 0 Å². The van der Waals surface area contributed by atoms with Crippen molar-refractivity contribution in [1.82, 2.24) is 0 Å². The largest absolute Gasteiger partial charge is 0.508 e. The van der Waals surface area contributed by atoms with E-state index in [-0.39, 0.29) is 79.7 Å². The molecule has 56 heavy (non-hydrogen) atoms. The predicted molar refractivity (Wildman–Crippen MR) is 205 cm³/mol. The molecule has 10 nitrogen and oxygen atoms in total. The number of phenols is 2. The van der Waals surface area contributed by atoms with Crippen molar-refractivity contribution in [3.8, 4) is 29.1 Å². The fraction of sp³-hybridized carbons (Fsp3) is 0.457. The highest BCUT2D eigenvalue weighted by atomic mass is 16.6. The Morgan fingerprint density at radius 1 is 0.857 bits per heavy atom. The average molecular weight is 761 g/mol. The number of ether oxygens (including phenoxy) is 2. The number of benzene rings is 3. The summed E-state index contributed by atoms with van der Waals surface area (Å²) in [5, 5.41) is 57.4. The number of Topliss-reactive ketones (excluding diaryl/α,β-unsaturated/α-hetero) is 1. The maximum atomic E-state index is 15.1. The number of aryl methyl sites for hydroxylation is 1. The van der Waals surface area contributed by atoms with Gasteiger partial charge in [0.05, 0.1) is 25.0 Å². The molecular formula is C46H48O10. The smallest absolute Gasteiger partial charge is 0.334 e. The number of hydrogen-bond donors (Lipinski definition) is 5. The standard InChI is InChI=1S/C46H48O10/c1-2-11-46(54)34-8-10-39(49)32(16-34)13-25-3-4-27-7-9-36(41(51)20-31(27)12-25)38-18-28(30-14-26(24-47)15-35(48)17-30)5-6-29-22-44(52)55-42-23-40(50)33(19-37(29)42)21-43(46)56-45(38)53/h3-4,12,14-15,17,19,23,28-29,32,34,41,43,47-48,50-51,54H,2,7-11,13,16,18,20-22,24H2,1H3/b38-36-/t28-,29-,32-,34-,41-,43+,46-/m0/s1. The van der Waals surface area contributed by atoms with Crippen LogP contribution in [0.15, 0.2) is 59.7 Å². The molecule has 5 N–H and O–H groups in total. The number of aliphatic hydroxyl groups is 3.